The summed E-state index contributed by atoms with van der Waals surface area (Å²) in [5.41, 5.74) is 5.36. The van der Waals surface area contributed by atoms with Crippen LogP contribution in [-0.4, -0.2) is 34.0 Å². The summed E-state index contributed by atoms with van der Waals surface area (Å²) >= 11 is 0. The first-order chi connectivity index (χ1) is 13.9. The fourth-order valence-corrected chi connectivity index (χ4v) is 3.27. The van der Waals surface area contributed by atoms with Gasteiger partial charge in [-0.3, -0.25) is 14.4 Å². The zero-order valence-corrected chi connectivity index (χ0v) is 18.1. The van der Waals surface area contributed by atoms with Gasteiger partial charge >= 0.3 is 11.9 Å². The van der Waals surface area contributed by atoms with E-state index in [2.05, 4.69) is 19.1 Å². The third kappa shape index (κ3) is 15.9. The molecule has 6 heteroatoms. The number of carbonyl (C=O) groups excluding carboxylic acids is 1. The number of carbonyl (C=O) groups is 3. The van der Waals surface area contributed by atoms with Crippen molar-refractivity contribution in [2.75, 3.05) is 0 Å². The van der Waals surface area contributed by atoms with Crippen LogP contribution in [0.1, 0.15) is 103 Å². The molecule has 4 N–H and O–H groups in total. The Balaban J connectivity index is 3.68. The van der Waals surface area contributed by atoms with Crippen molar-refractivity contribution in [3.8, 4) is 0 Å². The number of hydrogen-bond donors (Lipinski definition) is 3. The lowest BCUT2D eigenvalue weighted by molar-refractivity contribution is -0.147. The molecule has 0 aliphatic carbocycles. The van der Waals surface area contributed by atoms with Gasteiger partial charge in [-0.05, 0) is 38.5 Å². The van der Waals surface area contributed by atoms with E-state index in [1.54, 1.807) is 0 Å². The summed E-state index contributed by atoms with van der Waals surface area (Å²) in [6.07, 6.45) is 19.3. The van der Waals surface area contributed by atoms with Crippen LogP contribution < -0.4 is 5.73 Å². The minimum absolute atomic E-state index is 0.168. The Labute approximate surface area is 175 Å². The van der Waals surface area contributed by atoms with Gasteiger partial charge in [-0.1, -0.05) is 70.4 Å². The summed E-state index contributed by atoms with van der Waals surface area (Å²) in [6, 6.07) is -1.32. The highest BCUT2D eigenvalue weighted by molar-refractivity contribution is 5.98. The van der Waals surface area contributed by atoms with Crippen molar-refractivity contribution in [2.45, 2.75) is 109 Å². The maximum atomic E-state index is 12.0. The molecule has 0 aromatic carbocycles. The van der Waals surface area contributed by atoms with Crippen molar-refractivity contribution in [1.82, 2.24) is 0 Å². The van der Waals surface area contributed by atoms with Gasteiger partial charge in [0.25, 0.3) is 0 Å². The highest BCUT2D eigenvalue weighted by Gasteiger charge is 2.29. The number of carboxylic acid groups (broad SMARTS) is 2. The zero-order chi connectivity index (χ0) is 21.9. The van der Waals surface area contributed by atoms with E-state index in [-0.39, 0.29) is 12.8 Å². The van der Waals surface area contributed by atoms with Gasteiger partial charge < -0.3 is 15.9 Å². The van der Waals surface area contributed by atoms with Crippen molar-refractivity contribution in [3.63, 3.8) is 0 Å². The molecule has 0 amide bonds. The lowest BCUT2D eigenvalue weighted by Gasteiger charge is -2.13. The third-order valence-corrected chi connectivity index (χ3v) is 5.18. The van der Waals surface area contributed by atoms with E-state index < -0.39 is 29.7 Å². The van der Waals surface area contributed by atoms with Crippen LogP contribution in [0, 0.1) is 5.92 Å². The molecule has 29 heavy (non-hydrogen) atoms. The number of allylic oxidation sites excluding steroid dienone is 2. The lowest BCUT2D eigenvalue weighted by Crippen LogP contribution is -2.37. The van der Waals surface area contributed by atoms with E-state index >= 15 is 0 Å². The smallest absolute Gasteiger partial charge is 0.320 e. The van der Waals surface area contributed by atoms with Gasteiger partial charge in [0.2, 0.25) is 0 Å². The van der Waals surface area contributed by atoms with E-state index in [4.69, 9.17) is 15.9 Å². The Morgan fingerprint density at radius 1 is 0.759 bits per heavy atom. The molecule has 168 valence electrons. The molecule has 0 aliphatic rings. The van der Waals surface area contributed by atoms with Gasteiger partial charge in [-0.25, -0.2) is 0 Å². The first-order valence-electron chi connectivity index (χ1n) is 11.3. The predicted molar refractivity (Wildman–Crippen MR) is 116 cm³/mol. The monoisotopic (exact) mass is 411 g/mol. The fourth-order valence-electron chi connectivity index (χ4n) is 3.27. The topological polar surface area (TPSA) is 118 Å². The minimum atomic E-state index is -1.32. The average molecular weight is 412 g/mol. The van der Waals surface area contributed by atoms with Crippen LogP contribution in [0.5, 0.6) is 0 Å². The van der Waals surface area contributed by atoms with Gasteiger partial charge in [0.05, 0.1) is 0 Å². The minimum Gasteiger partial charge on any atom is -0.481 e. The van der Waals surface area contributed by atoms with Crippen LogP contribution >= 0.6 is 0 Å². The molecule has 0 aliphatic heterocycles. The Morgan fingerprint density at radius 2 is 1.24 bits per heavy atom. The van der Waals surface area contributed by atoms with E-state index in [9.17, 15) is 14.4 Å². The second-order valence-electron chi connectivity index (χ2n) is 7.87. The van der Waals surface area contributed by atoms with Crippen molar-refractivity contribution in [3.05, 3.63) is 12.2 Å². The Hall–Kier alpha value is -1.69. The second-order valence-corrected chi connectivity index (χ2v) is 7.87. The van der Waals surface area contributed by atoms with E-state index in [0.29, 0.717) is 6.42 Å². The highest BCUT2D eigenvalue weighted by atomic mass is 16.4. The maximum Gasteiger partial charge on any atom is 0.320 e. The van der Waals surface area contributed by atoms with Gasteiger partial charge in [0.15, 0.2) is 0 Å². The highest BCUT2D eigenvalue weighted by Crippen LogP contribution is 2.15. The predicted octanol–water partition coefficient (Wildman–Crippen LogP) is 5.10. The molecule has 0 saturated heterocycles. The number of Topliss-reactive ketones (excluding diaryl/α,β-unsaturated/α-hetero) is 1. The number of aliphatic carboxylic acids is 2. The Morgan fingerprint density at radius 3 is 1.72 bits per heavy atom. The van der Waals surface area contributed by atoms with E-state index in [1.165, 1.54) is 44.9 Å². The van der Waals surface area contributed by atoms with Crippen LogP contribution in [-0.2, 0) is 14.4 Å². The van der Waals surface area contributed by atoms with Crippen LogP contribution in [0.15, 0.2) is 12.2 Å². The number of ketones is 1. The molecule has 0 radical (unpaired) electrons. The molecular formula is C23H41NO5. The van der Waals surface area contributed by atoms with Gasteiger partial charge in [-0.15, -0.1) is 0 Å². The molecule has 0 saturated carbocycles. The molecule has 0 heterocycles. The fraction of sp³-hybridized carbons (Fsp3) is 0.783. The second kappa shape index (κ2) is 18.3. The number of carboxylic acids is 2. The molecule has 0 rings (SSSR count). The number of rotatable bonds is 20. The van der Waals surface area contributed by atoms with Crippen LogP contribution in [0.3, 0.4) is 0 Å². The average Bonchev–Trinajstić information content (AvgIpc) is 2.68. The first kappa shape index (κ1) is 27.3. The Kier molecular flexibility index (Phi) is 17.3. The van der Waals surface area contributed by atoms with Crippen molar-refractivity contribution in [2.24, 2.45) is 11.7 Å². The Bertz CT molecular complexity index is 490. The van der Waals surface area contributed by atoms with Crippen LogP contribution in [0.2, 0.25) is 0 Å². The maximum absolute atomic E-state index is 12.0. The van der Waals surface area contributed by atoms with E-state index in [1.807, 2.05) is 0 Å². The van der Waals surface area contributed by atoms with Crippen molar-refractivity contribution >= 4 is 17.7 Å². The molecule has 1 unspecified atom stereocenters. The van der Waals surface area contributed by atoms with Gasteiger partial charge in [-0.2, -0.15) is 0 Å². The lowest BCUT2D eigenvalue weighted by atomic mass is 9.92. The molecule has 0 aromatic heterocycles. The molecule has 6 nitrogen and oxygen atoms in total. The molecular weight excluding hydrogens is 370 g/mol. The van der Waals surface area contributed by atoms with Gasteiger partial charge in [0, 0.05) is 6.42 Å². The summed E-state index contributed by atoms with van der Waals surface area (Å²) in [5.74, 6) is -4.32. The summed E-state index contributed by atoms with van der Waals surface area (Å²) < 4.78 is 0. The van der Waals surface area contributed by atoms with Crippen LogP contribution in [0.4, 0.5) is 0 Å². The summed E-state index contributed by atoms with van der Waals surface area (Å²) in [6.45, 7) is 2.23. The molecule has 2 atom stereocenters. The standard InChI is InChI=1S/C23H41NO5/c1-2-3-4-5-6-7-8-9-10-11-12-13-14-15-16-17-21(25)19(22(26)27)18-20(24)23(28)29/h9-10,19-20H,2-8,11-18,24H2,1H3,(H,26,27)(H,28,29)/b10-9-/t19?,20-/m0/s1. The van der Waals surface area contributed by atoms with Crippen molar-refractivity contribution in [1.29, 1.82) is 0 Å². The normalized spacial score (nSPS) is 13.4. The summed E-state index contributed by atoms with van der Waals surface area (Å²) in [7, 11) is 0. The number of unbranched alkanes of at least 4 members (excludes halogenated alkanes) is 11. The quantitative estimate of drug-likeness (QED) is 0.146. The number of nitrogens with two attached hydrogens (primary N) is 1. The van der Waals surface area contributed by atoms with Gasteiger partial charge in [0.1, 0.15) is 17.7 Å². The largest absolute Gasteiger partial charge is 0.481 e. The molecule has 0 bridgehead atoms. The summed E-state index contributed by atoms with van der Waals surface area (Å²) in [4.78, 5) is 34.0. The first-order valence-corrected chi connectivity index (χ1v) is 11.3. The van der Waals surface area contributed by atoms with Crippen molar-refractivity contribution < 1.29 is 24.6 Å². The SMILES string of the molecule is CCCCCCCC/C=C\CCCCCCCC(=O)C(C[C@H](N)C(=O)O)C(=O)O. The van der Waals surface area contributed by atoms with E-state index in [0.717, 1.165) is 32.1 Å². The molecule has 0 aromatic rings. The van der Waals surface area contributed by atoms with Crippen LogP contribution in [0.25, 0.3) is 0 Å². The molecule has 0 fully saturated rings. The third-order valence-electron chi connectivity index (χ3n) is 5.18. The summed E-state index contributed by atoms with van der Waals surface area (Å²) in [5, 5.41) is 17.9. The molecule has 0 spiro atoms. The number of hydrogen-bond acceptors (Lipinski definition) is 4. The zero-order valence-electron chi connectivity index (χ0n) is 18.1.